The second kappa shape index (κ2) is 6.03. The van der Waals surface area contributed by atoms with E-state index in [4.69, 9.17) is 5.84 Å². The first-order valence-corrected chi connectivity index (χ1v) is 7.40. The fourth-order valence-corrected chi connectivity index (χ4v) is 3.01. The predicted octanol–water partition coefficient (Wildman–Crippen LogP) is 1.84. The molecule has 0 aliphatic heterocycles. The largest absolute Gasteiger partial charge is 0.340 e. The molecular formula is C16H26N4O. The topological polar surface area (TPSA) is 61.6 Å². The summed E-state index contributed by atoms with van der Waals surface area (Å²) in [5.41, 5.74) is 5.10. The van der Waals surface area contributed by atoms with Crippen LogP contribution >= 0.6 is 0 Å². The summed E-state index contributed by atoms with van der Waals surface area (Å²) >= 11 is 0. The molecule has 1 fully saturated rings. The fraction of sp³-hybridized carbons (Fsp3) is 0.562. The van der Waals surface area contributed by atoms with Crippen molar-refractivity contribution in [3.05, 3.63) is 29.3 Å². The van der Waals surface area contributed by atoms with Gasteiger partial charge in [-0.2, -0.15) is 0 Å². The molecule has 5 nitrogen and oxygen atoms in total. The highest BCUT2D eigenvalue weighted by Gasteiger charge is 2.40. The number of carbonyl (C=O) groups is 1. The number of rotatable bonds is 5. The van der Waals surface area contributed by atoms with E-state index in [0.29, 0.717) is 11.3 Å². The first-order valence-electron chi connectivity index (χ1n) is 7.40. The Bertz CT molecular complexity index is 523. The Morgan fingerprint density at radius 1 is 1.33 bits per heavy atom. The van der Waals surface area contributed by atoms with Gasteiger partial charge in [0.25, 0.3) is 5.91 Å². The maximum atomic E-state index is 12.7. The van der Waals surface area contributed by atoms with Crippen LogP contribution in [0.4, 0.5) is 5.69 Å². The van der Waals surface area contributed by atoms with E-state index in [2.05, 4.69) is 24.4 Å². The number of nitrogens with two attached hydrogens (primary N) is 1. The average Bonchev–Trinajstić information content (AvgIpc) is 2.41. The highest BCUT2D eigenvalue weighted by molar-refractivity contribution is 5.99. The number of nitrogens with one attached hydrogen (secondary N) is 1. The van der Waals surface area contributed by atoms with Gasteiger partial charge >= 0.3 is 0 Å². The number of anilines is 1. The molecule has 1 aromatic carbocycles. The summed E-state index contributed by atoms with van der Waals surface area (Å²) in [5, 5.41) is 0. The lowest BCUT2D eigenvalue weighted by Crippen LogP contribution is -2.57. The third kappa shape index (κ3) is 3.04. The SMILES string of the molecule is Cc1ccc(NN)c(C(=O)N(C)CC2(N(C)C)CCC2)c1. The van der Waals surface area contributed by atoms with Crippen LogP contribution in [-0.4, -0.2) is 48.9 Å². The molecule has 0 heterocycles. The summed E-state index contributed by atoms with van der Waals surface area (Å²) in [5.74, 6) is 5.54. The minimum absolute atomic E-state index is 0.0137. The molecule has 0 saturated heterocycles. The summed E-state index contributed by atoms with van der Waals surface area (Å²) in [6.07, 6.45) is 3.53. The molecule has 5 heteroatoms. The van der Waals surface area contributed by atoms with Gasteiger partial charge in [0.1, 0.15) is 0 Å². The molecule has 0 unspecified atom stereocenters. The van der Waals surface area contributed by atoms with Crippen molar-refractivity contribution >= 4 is 11.6 Å². The summed E-state index contributed by atoms with van der Waals surface area (Å²) in [4.78, 5) is 16.8. The van der Waals surface area contributed by atoms with Gasteiger partial charge in [-0.3, -0.25) is 10.6 Å². The number of nitrogens with zero attached hydrogens (tertiary/aromatic N) is 2. The number of aryl methyl sites for hydroxylation is 1. The number of hydrogen-bond acceptors (Lipinski definition) is 4. The molecule has 1 aliphatic carbocycles. The van der Waals surface area contributed by atoms with E-state index < -0.39 is 0 Å². The quantitative estimate of drug-likeness (QED) is 0.641. The first-order chi connectivity index (χ1) is 9.89. The minimum atomic E-state index is 0.0137. The van der Waals surface area contributed by atoms with E-state index in [9.17, 15) is 4.79 Å². The maximum Gasteiger partial charge on any atom is 0.255 e. The molecule has 1 aromatic rings. The van der Waals surface area contributed by atoms with Crippen molar-refractivity contribution in [3.8, 4) is 0 Å². The Balaban J connectivity index is 2.18. The summed E-state index contributed by atoms with van der Waals surface area (Å²) in [7, 11) is 6.06. The minimum Gasteiger partial charge on any atom is -0.340 e. The molecular weight excluding hydrogens is 264 g/mol. The lowest BCUT2D eigenvalue weighted by atomic mass is 9.75. The molecule has 0 atom stereocenters. The normalized spacial score (nSPS) is 16.5. The molecule has 0 aromatic heterocycles. The van der Waals surface area contributed by atoms with Gasteiger partial charge in [0, 0.05) is 19.1 Å². The van der Waals surface area contributed by atoms with Gasteiger partial charge in [-0.05, 0) is 52.4 Å². The van der Waals surface area contributed by atoms with Gasteiger partial charge in [-0.25, -0.2) is 0 Å². The van der Waals surface area contributed by atoms with Crippen molar-refractivity contribution in [1.29, 1.82) is 0 Å². The highest BCUT2D eigenvalue weighted by Crippen LogP contribution is 2.37. The predicted molar refractivity (Wildman–Crippen MR) is 86.2 cm³/mol. The van der Waals surface area contributed by atoms with Gasteiger partial charge in [-0.1, -0.05) is 11.6 Å². The maximum absolute atomic E-state index is 12.7. The van der Waals surface area contributed by atoms with Crippen molar-refractivity contribution in [1.82, 2.24) is 9.80 Å². The Hall–Kier alpha value is -1.59. The fourth-order valence-electron chi connectivity index (χ4n) is 3.01. The van der Waals surface area contributed by atoms with Crippen molar-refractivity contribution < 1.29 is 4.79 Å². The van der Waals surface area contributed by atoms with Gasteiger partial charge in [0.2, 0.25) is 0 Å². The Labute approximate surface area is 127 Å². The summed E-state index contributed by atoms with van der Waals surface area (Å²) < 4.78 is 0. The van der Waals surface area contributed by atoms with Gasteiger partial charge in [-0.15, -0.1) is 0 Å². The number of likely N-dealkylation sites (N-methyl/N-ethyl adjacent to an activating group) is 2. The van der Waals surface area contributed by atoms with Crippen molar-refractivity contribution in [2.75, 3.05) is 33.1 Å². The zero-order chi connectivity index (χ0) is 15.6. The molecule has 3 N–H and O–H groups in total. The third-order valence-corrected chi connectivity index (χ3v) is 4.67. The Morgan fingerprint density at radius 2 is 2.00 bits per heavy atom. The van der Waals surface area contributed by atoms with E-state index in [-0.39, 0.29) is 11.4 Å². The summed E-state index contributed by atoms with van der Waals surface area (Å²) in [6.45, 7) is 2.72. The molecule has 0 bridgehead atoms. The molecule has 1 amide bonds. The number of hydrogen-bond donors (Lipinski definition) is 2. The van der Waals surface area contributed by atoms with E-state index in [1.54, 1.807) is 0 Å². The number of benzene rings is 1. The van der Waals surface area contributed by atoms with Crippen molar-refractivity contribution in [2.24, 2.45) is 5.84 Å². The van der Waals surface area contributed by atoms with Crippen LogP contribution in [0.3, 0.4) is 0 Å². The van der Waals surface area contributed by atoms with Crippen LogP contribution < -0.4 is 11.3 Å². The van der Waals surface area contributed by atoms with Crippen molar-refractivity contribution in [2.45, 2.75) is 31.7 Å². The molecule has 1 aliphatic rings. The molecule has 2 rings (SSSR count). The molecule has 1 saturated carbocycles. The van der Waals surface area contributed by atoms with Crippen LogP contribution in [0.5, 0.6) is 0 Å². The zero-order valence-corrected chi connectivity index (χ0v) is 13.4. The lowest BCUT2D eigenvalue weighted by molar-refractivity contribution is 0.0253. The smallest absolute Gasteiger partial charge is 0.255 e. The lowest BCUT2D eigenvalue weighted by Gasteiger charge is -2.49. The Morgan fingerprint density at radius 3 is 2.48 bits per heavy atom. The van der Waals surface area contributed by atoms with Crippen LogP contribution in [0.25, 0.3) is 0 Å². The third-order valence-electron chi connectivity index (χ3n) is 4.67. The van der Waals surface area contributed by atoms with Crippen LogP contribution in [0.2, 0.25) is 0 Å². The number of amides is 1. The van der Waals surface area contributed by atoms with E-state index in [1.807, 2.05) is 37.1 Å². The van der Waals surface area contributed by atoms with Crippen LogP contribution in [0, 0.1) is 6.92 Å². The number of hydrazine groups is 1. The van der Waals surface area contributed by atoms with Crippen molar-refractivity contribution in [3.63, 3.8) is 0 Å². The molecule has 116 valence electrons. The van der Waals surface area contributed by atoms with E-state index in [0.717, 1.165) is 24.9 Å². The van der Waals surface area contributed by atoms with Gasteiger partial charge < -0.3 is 15.2 Å². The number of nitrogen functional groups attached to an aromatic ring is 1. The van der Waals surface area contributed by atoms with Gasteiger partial charge in [0.15, 0.2) is 0 Å². The van der Waals surface area contributed by atoms with Gasteiger partial charge in [0.05, 0.1) is 11.3 Å². The number of carbonyl (C=O) groups excluding carboxylic acids is 1. The molecule has 0 spiro atoms. The second-order valence-corrected chi connectivity index (χ2v) is 6.33. The second-order valence-electron chi connectivity index (χ2n) is 6.33. The zero-order valence-electron chi connectivity index (χ0n) is 13.4. The molecule has 21 heavy (non-hydrogen) atoms. The standard InChI is InChI=1S/C16H26N4O/c1-12-6-7-14(18-17)13(10-12)15(21)20(4)11-16(19(2)3)8-5-9-16/h6-7,10,18H,5,8-9,11,17H2,1-4H3. The monoisotopic (exact) mass is 290 g/mol. The highest BCUT2D eigenvalue weighted by atomic mass is 16.2. The van der Waals surface area contributed by atoms with Crippen LogP contribution in [-0.2, 0) is 0 Å². The molecule has 0 radical (unpaired) electrons. The average molecular weight is 290 g/mol. The first kappa shape index (κ1) is 15.8. The van der Waals surface area contributed by atoms with Crippen LogP contribution in [0.15, 0.2) is 18.2 Å². The van der Waals surface area contributed by atoms with E-state index >= 15 is 0 Å². The van der Waals surface area contributed by atoms with E-state index in [1.165, 1.54) is 6.42 Å². The Kier molecular flexibility index (Phi) is 4.54. The summed E-state index contributed by atoms with van der Waals surface area (Å²) in [6, 6.07) is 5.68. The van der Waals surface area contributed by atoms with Crippen LogP contribution in [0.1, 0.15) is 35.2 Å².